The lowest BCUT2D eigenvalue weighted by Gasteiger charge is -2.05. The summed E-state index contributed by atoms with van der Waals surface area (Å²) in [4.78, 5) is 10.5. The summed E-state index contributed by atoms with van der Waals surface area (Å²) in [5.41, 5.74) is 0. The third-order valence-electron chi connectivity index (χ3n) is 2.40. The first-order valence-corrected chi connectivity index (χ1v) is 8.33. The fourth-order valence-corrected chi connectivity index (χ4v) is 2.67. The van der Waals surface area contributed by atoms with Crippen molar-refractivity contribution in [1.29, 1.82) is 0 Å². The Bertz CT molecular complexity index is 358. The highest BCUT2D eigenvalue weighted by molar-refractivity contribution is 7.99. The lowest BCUT2D eigenvalue weighted by Crippen LogP contribution is -2.03. The monoisotopic (exact) mass is 289 g/mol. The van der Waals surface area contributed by atoms with E-state index in [2.05, 4.69) is 16.5 Å². The molecular formula is C11H19N3O2S2. The Hall–Kier alpha value is -0.690. The van der Waals surface area contributed by atoms with Crippen LogP contribution in [-0.4, -0.2) is 43.6 Å². The van der Waals surface area contributed by atoms with Crippen LogP contribution in [0.2, 0.25) is 0 Å². The van der Waals surface area contributed by atoms with Crippen LogP contribution in [0, 0.1) is 0 Å². The fraction of sp³-hybridized carbons (Fsp3) is 0.727. The van der Waals surface area contributed by atoms with Crippen molar-refractivity contribution in [2.45, 2.75) is 37.4 Å². The van der Waals surface area contributed by atoms with Gasteiger partial charge in [0.25, 0.3) is 0 Å². The molecule has 102 valence electrons. The second-order valence-electron chi connectivity index (χ2n) is 3.90. The summed E-state index contributed by atoms with van der Waals surface area (Å²) in [7, 11) is 0. The molecule has 1 rings (SSSR count). The van der Waals surface area contributed by atoms with E-state index in [-0.39, 0.29) is 5.75 Å². The summed E-state index contributed by atoms with van der Waals surface area (Å²) in [6.07, 6.45) is 8.61. The molecule has 1 aromatic heterocycles. The van der Waals surface area contributed by atoms with Gasteiger partial charge >= 0.3 is 5.97 Å². The van der Waals surface area contributed by atoms with E-state index in [9.17, 15) is 4.79 Å². The van der Waals surface area contributed by atoms with E-state index in [1.807, 2.05) is 16.3 Å². The lowest BCUT2D eigenvalue weighted by atomic mass is 10.2. The molecular weight excluding hydrogens is 270 g/mol. The number of aryl methyl sites for hydroxylation is 1. The zero-order chi connectivity index (χ0) is 13.2. The molecule has 0 radical (unpaired) electrons. The highest BCUT2D eigenvalue weighted by atomic mass is 32.2. The summed E-state index contributed by atoms with van der Waals surface area (Å²) in [5.74, 6) is 0.435. The Balaban J connectivity index is 2.21. The van der Waals surface area contributed by atoms with Crippen LogP contribution in [0.4, 0.5) is 0 Å². The largest absolute Gasteiger partial charge is 0.481 e. The van der Waals surface area contributed by atoms with E-state index in [4.69, 9.17) is 5.11 Å². The van der Waals surface area contributed by atoms with Crippen LogP contribution < -0.4 is 0 Å². The number of hydrogen-bond acceptors (Lipinski definition) is 5. The first-order valence-electron chi connectivity index (χ1n) is 5.95. The van der Waals surface area contributed by atoms with Crippen molar-refractivity contribution < 1.29 is 9.90 Å². The molecule has 0 aromatic carbocycles. The van der Waals surface area contributed by atoms with Gasteiger partial charge in [-0.2, -0.15) is 11.8 Å². The summed E-state index contributed by atoms with van der Waals surface area (Å²) < 4.78 is 1.93. The van der Waals surface area contributed by atoms with Gasteiger partial charge in [0.15, 0.2) is 5.16 Å². The number of hydrogen-bond donors (Lipinski definition) is 1. The Labute approximate surface area is 116 Å². The molecule has 0 bridgehead atoms. The summed E-state index contributed by atoms with van der Waals surface area (Å²) in [6, 6.07) is 0. The van der Waals surface area contributed by atoms with Crippen molar-refractivity contribution in [3.63, 3.8) is 0 Å². The molecule has 0 fully saturated rings. The van der Waals surface area contributed by atoms with Gasteiger partial charge in [0.1, 0.15) is 6.33 Å². The maximum Gasteiger partial charge on any atom is 0.313 e. The van der Waals surface area contributed by atoms with Gasteiger partial charge in [-0.25, -0.2) is 0 Å². The van der Waals surface area contributed by atoms with Crippen molar-refractivity contribution in [3.8, 4) is 0 Å². The smallest absolute Gasteiger partial charge is 0.313 e. The minimum absolute atomic E-state index is 0.0341. The SMILES string of the molecule is CSCCCCCCn1cnnc1SCC(=O)O. The number of aromatic nitrogens is 3. The first-order chi connectivity index (χ1) is 8.74. The molecule has 1 heterocycles. The Morgan fingerprint density at radius 2 is 2.17 bits per heavy atom. The molecule has 0 unspecified atom stereocenters. The minimum Gasteiger partial charge on any atom is -0.481 e. The Morgan fingerprint density at radius 3 is 2.89 bits per heavy atom. The normalized spacial score (nSPS) is 10.7. The summed E-state index contributed by atoms with van der Waals surface area (Å²) in [5, 5.41) is 17.1. The number of nitrogens with zero attached hydrogens (tertiary/aromatic N) is 3. The van der Waals surface area contributed by atoms with Gasteiger partial charge in [-0.05, 0) is 24.9 Å². The van der Waals surface area contributed by atoms with Gasteiger partial charge in [0.2, 0.25) is 0 Å². The molecule has 0 amide bonds. The van der Waals surface area contributed by atoms with Gasteiger partial charge in [-0.3, -0.25) is 4.79 Å². The molecule has 0 aliphatic carbocycles. The molecule has 1 N–H and O–H groups in total. The Kier molecular flexibility index (Phi) is 7.91. The van der Waals surface area contributed by atoms with E-state index >= 15 is 0 Å². The predicted octanol–water partition coefficient (Wildman–Crippen LogP) is 2.38. The number of unbranched alkanes of at least 4 members (excludes halogenated alkanes) is 3. The zero-order valence-electron chi connectivity index (χ0n) is 10.5. The van der Waals surface area contributed by atoms with Gasteiger partial charge in [0.05, 0.1) is 5.75 Å². The molecule has 0 saturated carbocycles. The van der Waals surface area contributed by atoms with Crippen LogP contribution in [-0.2, 0) is 11.3 Å². The first kappa shape index (κ1) is 15.4. The van der Waals surface area contributed by atoms with Crippen LogP contribution in [0.25, 0.3) is 0 Å². The maximum absolute atomic E-state index is 10.5. The standard InChI is InChI=1S/C11H19N3O2S2/c1-17-7-5-3-2-4-6-14-9-12-13-11(14)18-8-10(15)16/h9H,2-8H2,1H3,(H,15,16). The van der Waals surface area contributed by atoms with Crippen LogP contribution in [0.1, 0.15) is 25.7 Å². The number of carboxylic acids is 1. The fourth-order valence-electron chi connectivity index (χ4n) is 1.52. The second kappa shape index (κ2) is 9.27. The van der Waals surface area contributed by atoms with Crippen LogP contribution in [0.5, 0.6) is 0 Å². The summed E-state index contributed by atoms with van der Waals surface area (Å²) in [6.45, 7) is 0.869. The van der Waals surface area contributed by atoms with E-state index in [0.717, 1.165) is 13.0 Å². The highest BCUT2D eigenvalue weighted by Gasteiger charge is 2.07. The van der Waals surface area contributed by atoms with Gasteiger partial charge in [0, 0.05) is 6.54 Å². The molecule has 5 nitrogen and oxygen atoms in total. The average Bonchev–Trinajstić information content (AvgIpc) is 2.78. The number of aliphatic carboxylic acids is 1. The topological polar surface area (TPSA) is 68.0 Å². The van der Waals surface area contributed by atoms with Crippen molar-refractivity contribution in [2.24, 2.45) is 0 Å². The third kappa shape index (κ3) is 6.30. The van der Waals surface area contributed by atoms with Gasteiger partial charge < -0.3 is 9.67 Å². The minimum atomic E-state index is -0.827. The number of rotatable bonds is 10. The number of carbonyl (C=O) groups is 1. The van der Waals surface area contributed by atoms with Gasteiger partial charge in [-0.15, -0.1) is 10.2 Å². The highest BCUT2D eigenvalue weighted by Crippen LogP contribution is 2.15. The van der Waals surface area contributed by atoms with Crippen LogP contribution >= 0.6 is 23.5 Å². The van der Waals surface area contributed by atoms with Crippen LogP contribution in [0.3, 0.4) is 0 Å². The van der Waals surface area contributed by atoms with Crippen molar-refractivity contribution in [3.05, 3.63) is 6.33 Å². The molecule has 0 aliphatic heterocycles. The molecule has 0 aliphatic rings. The van der Waals surface area contributed by atoms with Crippen molar-refractivity contribution in [1.82, 2.24) is 14.8 Å². The number of carboxylic acid groups (broad SMARTS) is 1. The maximum atomic E-state index is 10.5. The molecule has 7 heteroatoms. The average molecular weight is 289 g/mol. The van der Waals surface area contributed by atoms with E-state index in [1.165, 1.54) is 36.8 Å². The van der Waals surface area contributed by atoms with E-state index in [0.29, 0.717) is 5.16 Å². The molecule has 1 aromatic rings. The lowest BCUT2D eigenvalue weighted by molar-refractivity contribution is -0.133. The van der Waals surface area contributed by atoms with E-state index in [1.54, 1.807) is 6.33 Å². The molecule has 0 atom stereocenters. The van der Waals surface area contributed by atoms with E-state index < -0.39 is 5.97 Å². The molecule has 18 heavy (non-hydrogen) atoms. The molecule has 0 spiro atoms. The van der Waals surface area contributed by atoms with Gasteiger partial charge in [-0.1, -0.05) is 24.6 Å². The Morgan fingerprint density at radius 1 is 1.39 bits per heavy atom. The van der Waals surface area contributed by atoms with Crippen molar-refractivity contribution in [2.75, 3.05) is 17.8 Å². The third-order valence-corrected chi connectivity index (χ3v) is 4.06. The van der Waals surface area contributed by atoms with Crippen LogP contribution in [0.15, 0.2) is 11.5 Å². The molecule has 0 saturated heterocycles. The quantitative estimate of drug-likeness (QED) is 0.527. The van der Waals surface area contributed by atoms with Crippen molar-refractivity contribution >= 4 is 29.5 Å². The predicted molar refractivity (Wildman–Crippen MR) is 75.2 cm³/mol. The zero-order valence-corrected chi connectivity index (χ0v) is 12.2. The number of thioether (sulfide) groups is 2. The summed E-state index contributed by atoms with van der Waals surface area (Å²) >= 11 is 3.11. The second-order valence-corrected chi connectivity index (χ2v) is 5.82.